The van der Waals surface area contributed by atoms with E-state index in [-0.39, 0.29) is 5.54 Å². The fourth-order valence-corrected chi connectivity index (χ4v) is 1.97. The van der Waals surface area contributed by atoms with Gasteiger partial charge < -0.3 is 5.73 Å². The molecule has 0 amide bonds. The Labute approximate surface area is 87.5 Å². The predicted molar refractivity (Wildman–Crippen MR) is 58.7 cm³/mol. The lowest BCUT2D eigenvalue weighted by Gasteiger charge is -2.11. The van der Waals surface area contributed by atoms with Crippen LogP contribution in [0, 0.1) is 6.92 Å². The zero-order valence-corrected chi connectivity index (χ0v) is 9.39. The van der Waals surface area contributed by atoms with Gasteiger partial charge in [0.05, 0.1) is 0 Å². The van der Waals surface area contributed by atoms with Crippen molar-refractivity contribution in [2.24, 2.45) is 5.73 Å². The van der Waals surface area contributed by atoms with Gasteiger partial charge in [-0.2, -0.15) is 0 Å². The van der Waals surface area contributed by atoms with Gasteiger partial charge in [0, 0.05) is 10.0 Å². The van der Waals surface area contributed by atoms with Crippen molar-refractivity contribution in [3.8, 4) is 0 Å². The van der Waals surface area contributed by atoms with Gasteiger partial charge in [-0.25, -0.2) is 0 Å². The standard InChI is InChI=1S/C11H14BrN/c1-8-3-2-4-9(10(8)12)7-11(13)5-6-11/h2-4H,5-7,13H2,1H3. The molecule has 2 N–H and O–H groups in total. The quantitative estimate of drug-likeness (QED) is 0.845. The lowest BCUT2D eigenvalue weighted by atomic mass is 10.0. The molecular weight excluding hydrogens is 226 g/mol. The van der Waals surface area contributed by atoms with E-state index in [1.54, 1.807) is 0 Å². The Morgan fingerprint density at radius 1 is 1.46 bits per heavy atom. The second-order valence-corrected chi connectivity index (χ2v) is 4.88. The summed E-state index contributed by atoms with van der Waals surface area (Å²) in [5.74, 6) is 0. The van der Waals surface area contributed by atoms with Gasteiger partial charge in [0.25, 0.3) is 0 Å². The lowest BCUT2D eigenvalue weighted by Crippen LogP contribution is -2.24. The number of hydrogen-bond donors (Lipinski definition) is 1. The molecular formula is C11H14BrN. The summed E-state index contributed by atoms with van der Waals surface area (Å²) in [5, 5.41) is 0. The molecule has 1 fully saturated rings. The largest absolute Gasteiger partial charge is 0.325 e. The Morgan fingerprint density at radius 2 is 2.15 bits per heavy atom. The second kappa shape index (κ2) is 3.10. The molecule has 1 aromatic carbocycles. The highest BCUT2D eigenvalue weighted by atomic mass is 79.9. The molecule has 70 valence electrons. The van der Waals surface area contributed by atoms with Crippen molar-refractivity contribution in [3.63, 3.8) is 0 Å². The van der Waals surface area contributed by atoms with Gasteiger partial charge in [0.2, 0.25) is 0 Å². The molecule has 0 radical (unpaired) electrons. The first-order valence-corrected chi connectivity index (χ1v) is 5.43. The van der Waals surface area contributed by atoms with Crippen LogP contribution in [0.2, 0.25) is 0 Å². The Balaban J connectivity index is 2.25. The molecule has 1 aromatic rings. The Morgan fingerprint density at radius 3 is 2.77 bits per heavy atom. The number of hydrogen-bond acceptors (Lipinski definition) is 1. The van der Waals surface area contributed by atoms with E-state index in [1.165, 1.54) is 28.4 Å². The highest BCUT2D eigenvalue weighted by molar-refractivity contribution is 9.10. The van der Waals surface area contributed by atoms with Crippen molar-refractivity contribution in [2.45, 2.75) is 31.7 Å². The fourth-order valence-electron chi connectivity index (χ4n) is 1.56. The summed E-state index contributed by atoms with van der Waals surface area (Å²) >= 11 is 3.61. The summed E-state index contributed by atoms with van der Waals surface area (Å²) < 4.78 is 1.23. The summed E-state index contributed by atoms with van der Waals surface area (Å²) in [4.78, 5) is 0. The van der Waals surface area contributed by atoms with Crippen LogP contribution in [0.25, 0.3) is 0 Å². The molecule has 1 aliphatic rings. The van der Waals surface area contributed by atoms with Crippen molar-refractivity contribution in [2.75, 3.05) is 0 Å². The predicted octanol–water partition coefficient (Wildman–Crippen LogP) is 2.79. The third-order valence-corrected chi connectivity index (χ3v) is 3.84. The van der Waals surface area contributed by atoms with Gasteiger partial charge >= 0.3 is 0 Å². The summed E-state index contributed by atoms with van der Waals surface area (Å²) in [5.41, 5.74) is 8.82. The average molecular weight is 240 g/mol. The third kappa shape index (κ3) is 1.94. The Kier molecular flexibility index (Phi) is 2.20. The van der Waals surface area contributed by atoms with Crippen LogP contribution in [0.15, 0.2) is 22.7 Å². The first-order chi connectivity index (χ1) is 6.11. The van der Waals surface area contributed by atoms with Crippen LogP contribution in [0.3, 0.4) is 0 Å². The zero-order chi connectivity index (χ0) is 9.47. The smallest absolute Gasteiger partial charge is 0.0237 e. The van der Waals surface area contributed by atoms with Crippen LogP contribution in [0.5, 0.6) is 0 Å². The molecule has 2 heteroatoms. The molecule has 13 heavy (non-hydrogen) atoms. The van der Waals surface area contributed by atoms with E-state index in [4.69, 9.17) is 5.73 Å². The fraction of sp³-hybridized carbons (Fsp3) is 0.455. The number of aryl methyl sites for hydroxylation is 1. The molecule has 2 rings (SSSR count). The summed E-state index contributed by atoms with van der Waals surface area (Å²) in [6, 6.07) is 6.37. The summed E-state index contributed by atoms with van der Waals surface area (Å²) in [6.45, 7) is 2.11. The minimum atomic E-state index is 0.107. The third-order valence-electron chi connectivity index (χ3n) is 2.71. The van der Waals surface area contributed by atoms with E-state index in [0.717, 1.165) is 6.42 Å². The van der Waals surface area contributed by atoms with Crippen LogP contribution in [0.1, 0.15) is 24.0 Å². The van der Waals surface area contributed by atoms with Crippen molar-refractivity contribution in [1.29, 1.82) is 0 Å². The van der Waals surface area contributed by atoms with Crippen molar-refractivity contribution in [1.82, 2.24) is 0 Å². The maximum absolute atomic E-state index is 6.08. The van der Waals surface area contributed by atoms with E-state index in [1.807, 2.05) is 0 Å². The first kappa shape index (κ1) is 9.22. The summed E-state index contributed by atoms with van der Waals surface area (Å²) in [7, 11) is 0. The molecule has 0 atom stereocenters. The highest BCUT2D eigenvalue weighted by Gasteiger charge is 2.38. The molecule has 0 aliphatic heterocycles. The van der Waals surface area contributed by atoms with Gasteiger partial charge in [-0.05, 0) is 37.3 Å². The summed E-state index contributed by atoms with van der Waals surface area (Å²) in [6.07, 6.45) is 3.36. The van der Waals surface area contributed by atoms with Gasteiger partial charge in [0.15, 0.2) is 0 Å². The van der Waals surface area contributed by atoms with Crippen LogP contribution >= 0.6 is 15.9 Å². The van der Waals surface area contributed by atoms with Crippen molar-refractivity contribution < 1.29 is 0 Å². The van der Waals surface area contributed by atoms with E-state index in [2.05, 4.69) is 41.1 Å². The van der Waals surface area contributed by atoms with Crippen molar-refractivity contribution >= 4 is 15.9 Å². The number of benzene rings is 1. The monoisotopic (exact) mass is 239 g/mol. The van der Waals surface area contributed by atoms with E-state index < -0.39 is 0 Å². The minimum Gasteiger partial charge on any atom is -0.325 e. The van der Waals surface area contributed by atoms with Crippen LogP contribution in [0.4, 0.5) is 0 Å². The number of rotatable bonds is 2. The number of halogens is 1. The molecule has 0 bridgehead atoms. The van der Waals surface area contributed by atoms with Gasteiger partial charge in [-0.15, -0.1) is 0 Å². The zero-order valence-electron chi connectivity index (χ0n) is 7.81. The van der Waals surface area contributed by atoms with E-state index in [9.17, 15) is 0 Å². The topological polar surface area (TPSA) is 26.0 Å². The lowest BCUT2D eigenvalue weighted by molar-refractivity contribution is 0.670. The molecule has 1 aliphatic carbocycles. The van der Waals surface area contributed by atoms with E-state index in [0.29, 0.717) is 0 Å². The molecule has 0 heterocycles. The van der Waals surface area contributed by atoms with Gasteiger partial charge in [0.1, 0.15) is 0 Å². The van der Waals surface area contributed by atoms with Crippen LogP contribution < -0.4 is 5.73 Å². The maximum atomic E-state index is 6.08. The van der Waals surface area contributed by atoms with E-state index >= 15 is 0 Å². The molecule has 0 unspecified atom stereocenters. The van der Waals surface area contributed by atoms with Crippen LogP contribution in [-0.2, 0) is 6.42 Å². The van der Waals surface area contributed by atoms with Crippen molar-refractivity contribution in [3.05, 3.63) is 33.8 Å². The first-order valence-electron chi connectivity index (χ1n) is 4.64. The maximum Gasteiger partial charge on any atom is 0.0237 e. The molecule has 0 aromatic heterocycles. The normalized spacial score (nSPS) is 18.7. The average Bonchev–Trinajstić information content (AvgIpc) is 2.78. The highest BCUT2D eigenvalue weighted by Crippen LogP contribution is 2.37. The van der Waals surface area contributed by atoms with Crippen LogP contribution in [-0.4, -0.2) is 5.54 Å². The Hall–Kier alpha value is -0.340. The molecule has 0 saturated heterocycles. The molecule has 0 spiro atoms. The minimum absolute atomic E-state index is 0.107. The second-order valence-electron chi connectivity index (χ2n) is 4.09. The van der Waals surface area contributed by atoms with Gasteiger partial charge in [-0.3, -0.25) is 0 Å². The molecule has 1 nitrogen and oxygen atoms in total. The SMILES string of the molecule is Cc1cccc(CC2(N)CC2)c1Br. The molecule has 1 saturated carbocycles. The number of nitrogens with two attached hydrogens (primary N) is 1. The van der Waals surface area contributed by atoms with Gasteiger partial charge in [-0.1, -0.05) is 34.1 Å². The Bertz CT molecular complexity index is 329.